The van der Waals surface area contributed by atoms with Gasteiger partial charge in [-0.1, -0.05) is 6.92 Å². The van der Waals surface area contributed by atoms with Gasteiger partial charge in [-0.15, -0.1) is 11.6 Å². The largest absolute Gasteiger partial charge is 0.298 e. The zero-order valence-corrected chi connectivity index (χ0v) is 10.9. The van der Waals surface area contributed by atoms with Gasteiger partial charge >= 0.3 is 0 Å². The Balaban J connectivity index is 2.49. The molecular weight excluding hydrogens is 236 g/mol. The van der Waals surface area contributed by atoms with E-state index in [0.717, 1.165) is 19.5 Å². The number of hydrogen-bond acceptors (Lipinski definition) is 3. The van der Waals surface area contributed by atoms with E-state index >= 15 is 0 Å². The Bertz CT molecular complexity index is 286. The minimum atomic E-state index is -3.20. The summed E-state index contributed by atoms with van der Waals surface area (Å²) in [6.07, 6.45) is 1.10. The van der Waals surface area contributed by atoms with Gasteiger partial charge in [-0.05, 0) is 13.3 Å². The topological polar surface area (TPSA) is 40.6 Å². The Kier molecular flexibility index (Phi) is 4.83. The molecule has 4 nitrogen and oxygen atoms in total. The Morgan fingerprint density at radius 3 is 2.20 bits per heavy atom. The summed E-state index contributed by atoms with van der Waals surface area (Å²) < 4.78 is 24.4. The molecule has 0 spiro atoms. The molecular formula is C9H19ClN2O2S. The lowest BCUT2D eigenvalue weighted by Gasteiger charge is -2.36. The Labute approximate surface area is 97.2 Å². The summed E-state index contributed by atoms with van der Waals surface area (Å²) in [5.41, 5.74) is 0. The predicted octanol–water partition coefficient (Wildman–Crippen LogP) is 0.929. The summed E-state index contributed by atoms with van der Waals surface area (Å²) in [5, 5.41) is -0.309. The van der Waals surface area contributed by atoms with E-state index in [1.807, 2.05) is 0 Å². The Hall–Kier alpha value is 0.160. The van der Waals surface area contributed by atoms with Crippen LogP contribution in [0.2, 0.25) is 0 Å². The Morgan fingerprint density at radius 2 is 1.80 bits per heavy atom. The molecule has 0 bridgehead atoms. The summed E-state index contributed by atoms with van der Waals surface area (Å²) >= 11 is 5.41. The first-order valence-electron chi connectivity index (χ1n) is 5.29. The first-order valence-corrected chi connectivity index (χ1v) is 7.43. The molecule has 0 amide bonds. The van der Waals surface area contributed by atoms with Gasteiger partial charge in [0.15, 0.2) is 0 Å². The van der Waals surface area contributed by atoms with E-state index < -0.39 is 10.0 Å². The first-order chi connectivity index (χ1) is 7.01. The van der Waals surface area contributed by atoms with Crippen molar-refractivity contribution in [2.45, 2.75) is 26.3 Å². The smallest absolute Gasteiger partial charge is 0.228 e. The maximum atomic E-state index is 11.5. The lowest BCUT2D eigenvalue weighted by Crippen LogP contribution is -2.51. The van der Waals surface area contributed by atoms with Crippen molar-refractivity contribution in [1.29, 1.82) is 0 Å². The molecule has 0 N–H and O–H groups in total. The normalized spacial score (nSPS) is 22.9. The van der Waals surface area contributed by atoms with Gasteiger partial charge < -0.3 is 0 Å². The van der Waals surface area contributed by atoms with Crippen LogP contribution in [0.5, 0.6) is 0 Å². The molecule has 0 aromatic rings. The van der Waals surface area contributed by atoms with Gasteiger partial charge in [0.2, 0.25) is 10.0 Å². The summed E-state index contributed by atoms with van der Waals surface area (Å²) in [4.78, 5) is 2.32. The van der Waals surface area contributed by atoms with Crippen molar-refractivity contribution in [3.63, 3.8) is 0 Å². The molecule has 1 fully saturated rings. The van der Waals surface area contributed by atoms with Gasteiger partial charge in [0.05, 0.1) is 0 Å². The van der Waals surface area contributed by atoms with E-state index in [9.17, 15) is 8.42 Å². The molecule has 6 heteroatoms. The van der Waals surface area contributed by atoms with Gasteiger partial charge in [0.1, 0.15) is 5.21 Å². The zero-order chi connectivity index (χ0) is 11.5. The molecule has 0 aromatic carbocycles. The van der Waals surface area contributed by atoms with Crippen LogP contribution in [0.3, 0.4) is 0 Å². The number of halogens is 1. The molecule has 1 aliphatic heterocycles. The second-order valence-corrected chi connectivity index (χ2v) is 6.47. The van der Waals surface area contributed by atoms with Crippen LogP contribution in [-0.2, 0) is 10.0 Å². The van der Waals surface area contributed by atoms with Crippen molar-refractivity contribution in [3.8, 4) is 0 Å². The molecule has 1 saturated heterocycles. The molecule has 0 saturated carbocycles. The number of piperazine rings is 1. The highest BCUT2D eigenvalue weighted by Gasteiger charge is 2.27. The number of alkyl halides is 1. The molecule has 0 aliphatic carbocycles. The third kappa shape index (κ3) is 3.31. The van der Waals surface area contributed by atoms with Crippen LogP contribution in [0.15, 0.2) is 0 Å². The third-order valence-electron chi connectivity index (χ3n) is 3.02. The molecule has 1 rings (SSSR count). The van der Waals surface area contributed by atoms with Crippen LogP contribution < -0.4 is 0 Å². The molecule has 90 valence electrons. The monoisotopic (exact) mass is 254 g/mol. The first kappa shape index (κ1) is 13.2. The van der Waals surface area contributed by atoms with Crippen LogP contribution in [0.4, 0.5) is 0 Å². The van der Waals surface area contributed by atoms with Crippen LogP contribution in [0.25, 0.3) is 0 Å². The SMILES string of the molecule is CCC(C)N1CCN(S(=O)(=O)CCl)CC1. The standard InChI is InChI=1S/C9H19ClN2O2S/c1-3-9(2)11-4-6-12(7-5-11)15(13,14)8-10/h9H,3-8H2,1-2H3. The minimum Gasteiger partial charge on any atom is -0.298 e. The highest BCUT2D eigenvalue weighted by atomic mass is 35.5. The molecule has 0 aromatic heterocycles. The van der Waals surface area contributed by atoms with E-state index in [4.69, 9.17) is 11.6 Å². The number of nitrogens with zero attached hydrogens (tertiary/aromatic N) is 2. The zero-order valence-electron chi connectivity index (χ0n) is 9.32. The fourth-order valence-electron chi connectivity index (χ4n) is 1.75. The van der Waals surface area contributed by atoms with Gasteiger partial charge in [-0.3, -0.25) is 4.90 Å². The fraction of sp³-hybridized carbons (Fsp3) is 1.00. The summed E-state index contributed by atoms with van der Waals surface area (Å²) in [6, 6.07) is 0.533. The van der Waals surface area contributed by atoms with Crippen LogP contribution >= 0.6 is 11.6 Å². The van der Waals surface area contributed by atoms with Gasteiger partial charge in [0, 0.05) is 32.2 Å². The van der Waals surface area contributed by atoms with Crippen LogP contribution in [-0.4, -0.2) is 55.1 Å². The van der Waals surface area contributed by atoms with Gasteiger partial charge in [0.25, 0.3) is 0 Å². The van der Waals surface area contributed by atoms with Crippen molar-refractivity contribution in [2.24, 2.45) is 0 Å². The van der Waals surface area contributed by atoms with Gasteiger partial charge in [-0.2, -0.15) is 4.31 Å². The average Bonchev–Trinajstić information content (AvgIpc) is 2.28. The van der Waals surface area contributed by atoms with Crippen LogP contribution in [0, 0.1) is 0 Å². The molecule has 0 radical (unpaired) electrons. The number of sulfonamides is 1. The lowest BCUT2D eigenvalue weighted by molar-refractivity contribution is 0.143. The van der Waals surface area contributed by atoms with Crippen molar-refractivity contribution < 1.29 is 8.42 Å². The molecule has 1 aliphatic rings. The molecule has 1 heterocycles. The highest BCUT2D eigenvalue weighted by Crippen LogP contribution is 2.12. The van der Waals surface area contributed by atoms with E-state index in [1.54, 1.807) is 0 Å². The van der Waals surface area contributed by atoms with Crippen molar-refractivity contribution in [2.75, 3.05) is 31.4 Å². The van der Waals surface area contributed by atoms with E-state index in [1.165, 1.54) is 4.31 Å². The fourth-order valence-corrected chi connectivity index (χ4v) is 3.02. The van der Waals surface area contributed by atoms with E-state index in [-0.39, 0.29) is 5.21 Å². The number of hydrogen-bond donors (Lipinski definition) is 0. The maximum Gasteiger partial charge on any atom is 0.228 e. The van der Waals surface area contributed by atoms with Crippen molar-refractivity contribution >= 4 is 21.6 Å². The highest BCUT2D eigenvalue weighted by molar-refractivity contribution is 7.90. The minimum absolute atomic E-state index is 0.309. The second kappa shape index (κ2) is 5.48. The second-order valence-electron chi connectivity index (χ2n) is 3.91. The van der Waals surface area contributed by atoms with Gasteiger partial charge in [-0.25, -0.2) is 8.42 Å². The van der Waals surface area contributed by atoms with E-state index in [0.29, 0.717) is 19.1 Å². The summed E-state index contributed by atoms with van der Waals surface area (Å²) in [6.45, 7) is 7.08. The Morgan fingerprint density at radius 1 is 1.27 bits per heavy atom. The average molecular weight is 255 g/mol. The number of rotatable bonds is 4. The van der Waals surface area contributed by atoms with Crippen molar-refractivity contribution in [1.82, 2.24) is 9.21 Å². The lowest BCUT2D eigenvalue weighted by atomic mass is 10.2. The maximum absolute atomic E-state index is 11.5. The summed E-state index contributed by atoms with van der Waals surface area (Å²) in [5.74, 6) is 0. The van der Waals surface area contributed by atoms with E-state index in [2.05, 4.69) is 18.7 Å². The quantitative estimate of drug-likeness (QED) is 0.701. The third-order valence-corrected chi connectivity index (χ3v) is 5.27. The molecule has 1 unspecified atom stereocenters. The molecule has 15 heavy (non-hydrogen) atoms. The summed E-state index contributed by atoms with van der Waals surface area (Å²) in [7, 11) is -3.20. The molecule has 1 atom stereocenters. The van der Waals surface area contributed by atoms with Crippen molar-refractivity contribution in [3.05, 3.63) is 0 Å². The predicted molar refractivity (Wildman–Crippen MR) is 62.5 cm³/mol. The van der Waals surface area contributed by atoms with Crippen LogP contribution in [0.1, 0.15) is 20.3 Å².